The molecule has 1 aromatic carbocycles. The van der Waals surface area contributed by atoms with Crippen LogP contribution in [0.2, 0.25) is 0 Å². The van der Waals surface area contributed by atoms with Gasteiger partial charge in [-0.05, 0) is 43.0 Å². The Hall–Kier alpha value is -3.16. The average Bonchev–Trinajstić information content (AvgIpc) is 3.20. The molecule has 0 saturated carbocycles. The molecule has 142 valence electrons. The van der Waals surface area contributed by atoms with Gasteiger partial charge in [-0.3, -0.25) is 14.9 Å². The van der Waals surface area contributed by atoms with Crippen LogP contribution in [0.5, 0.6) is 0 Å². The van der Waals surface area contributed by atoms with Gasteiger partial charge in [0.2, 0.25) is 5.78 Å². The summed E-state index contributed by atoms with van der Waals surface area (Å²) in [7, 11) is 0. The van der Waals surface area contributed by atoms with E-state index in [0.717, 1.165) is 25.9 Å². The van der Waals surface area contributed by atoms with Gasteiger partial charge in [0.25, 0.3) is 5.69 Å². The summed E-state index contributed by atoms with van der Waals surface area (Å²) in [6.45, 7) is 3.18. The fourth-order valence-electron chi connectivity index (χ4n) is 3.27. The largest absolute Gasteiger partial charge is 0.454 e. The Balaban J connectivity index is 1.74. The number of nitro benzene ring substituents is 1. The van der Waals surface area contributed by atoms with Gasteiger partial charge in [0.1, 0.15) is 5.69 Å². The number of nitrogens with one attached hydrogen (secondary N) is 1. The lowest BCUT2D eigenvalue weighted by Gasteiger charge is -2.32. The van der Waals surface area contributed by atoms with Gasteiger partial charge in [-0.15, -0.1) is 0 Å². The molecule has 3 rings (SSSR count). The van der Waals surface area contributed by atoms with E-state index < -0.39 is 17.5 Å². The van der Waals surface area contributed by atoms with E-state index in [9.17, 15) is 19.7 Å². The number of hydrogen-bond donors (Lipinski definition) is 1. The lowest BCUT2D eigenvalue weighted by atomic mass is 9.99. The van der Waals surface area contributed by atoms with Gasteiger partial charge in [-0.25, -0.2) is 4.79 Å². The number of piperidine rings is 1. The maximum Gasteiger partial charge on any atom is 0.338 e. The summed E-state index contributed by atoms with van der Waals surface area (Å²) in [5, 5.41) is 11.5. The molecule has 8 nitrogen and oxygen atoms in total. The van der Waals surface area contributed by atoms with Crippen molar-refractivity contribution >= 4 is 23.1 Å². The Bertz CT molecular complexity index is 847. The summed E-state index contributed by atoms with van der Waals surface area (Å²) in [5.74, 6) is -0.680. The van der Waals surface area contributed by atoms with Crippen LogP contribution in [0, 0.1) is 16.0 Å². The van der Waals surface area contributed by atoms with Crippen molar-refractivity contribution in [1.82, 2.24) is 4.98 Å². The molecule has 1 aromatic heterocycles. The molecule has 0 aliphatic carbocycles. The quantitative estimate of drug-likeness (QED) is 0.362. The Labute approximate surface area is 156 Å². The number of benzene rings is 1. The van der Waals surface area contributed by atoms with E-state index >= 15 is 0 Å². The number of ether oxygens (including phenoxy) is 1. The number of esters is 1. The van der Waals surface area contributed by atoms with Gasteiger partial charge in [-0.2, -0.15) is 0 Å². The number of rotatable bonds is 6. The lowest BCUT2D eigenvalue weighted by molar-refractivity contribution is -0.384. The average molecular weight is 371 g/mol. The Morgan fingerprint density at radius 3 is 2.85 bits per heavy atom. The van der Waals surface area contributed by atoms with Crippen molar-refractivity contribution in [3.8, 4) is 0 Å². The molecular weight excluding hydrogens is 350 g/mol. The molecule has 2 heterocycles. The van der Waals surface area contributed by atoms with Crippen LogP contribution in [-0.4, -0.2) is 41.4 Å². The van der Waals surface area contributed by atoms with Crippen LogP contribution < -0.4 is 4.90 Å². The van der Waals surface area contributed by atoms with Crippen molar-refractivity contribution in [2.75, 3.05) is 24.6 Å². The summed E-state index contributed by atoms with van der Waals surface area (Å²) in [4.78, 5) is 39.8. The van der Waals surface area contributed by atoms with Crippen LogP contribution in [-0.2, 0) is 4.74 Å². The smallest absolute Gasteiger partial charge is 0.338 e. The second kappa shape index (κ2) is 8.03. The standard InChI is InChI=1S/C19H21N3O5/c1-13-4-3-9-21(11-13)16-7-6-14(10-17(16)22(25)26)19(24)27-12-18(23)15-5-2-8-20-15/h2,5-8,10,13,20H,3-4,9,11-12H2,1H3/t13-/m0/s1. The Morgan fingerprint density at radius 2 is 2.19 bits per heavy atom. The van der Waals surface area contributed by atoms with Crippen molar-refractivity contribution in [2.24, 2.45) is 5.92 Å². The van der Waals surface area contributed by atoms with Crippen LogP contribution >= 0.6 is 0 Å². The minimum absolute atomic E-state index is 0.0507. The molecule has 0 amide bonds. The fraction of sp³-hybridized carbons (Fsp3) is 0.368. The molecule has 1 aliphatic rings. The highest BCUT2D eigenvalue weighted by molar-refractivity contribution is 5.98. The van der Waals surface area contributed by atoms with Gasteiger partial charge in [0, 0.05) is 25.4 Å². The summed E-state index contributed by atoms with van der Waals surface area (Å²) >= 11 is 0. The maximum absolute atomic E-state index is 12.2. The maximum atomic E-state index is 12.2. The number of carbonyl (C=O) groups is 2. The van der Waals surface area contributed by atoms with E-state index in [0.29, 0.717) is 17.3 Å². The number of anilines is 1. The minimum atomic E-state index is -0.767. The van der Waals surface area contributed by atoms with Gasteiger partial charge in [-0.1, -0.05) is 6.92 Å². The number of nitrogens with zero attached hydrogens (tertiary/aromatic N) is 2. The molecule has 0 spiro atoms. The predicted molar refractivity (Wildman–Crippen MR) is 99.1 cm³/mol. The molecule has 2 aromatic rings. The zero-order valence-electron chi connectivity index (χ0n) is 15.0. The Morgan fingerprint density at radius 1 is 1.37 bits per heavy atom. The van der Waals surface area contributed by atoms with Crippen LogP contribution in [0.25, 0.3) is 0 Å². The second-order valence-electron chi connectivity index (χ2n) is 6.74. The van der Waals surface area contributed by atoms with Crippen LogP contribution in [0.15, 0.2) is 36.5 Å². The number of aromatic nitrogens is 1. The molecule has 1 aliphatic heterocycles. The Kier molecular flexibility index (Phi) is 5.54. The van der Waals surface area contributed by atoms with Crippen molar-refractivity contribution < 1.29 is 19.2 Å². The topological polar surface area (TPSA) is 106 Å². The summed E-state index contributed by atoms with van der Waals surface area (Å²) in [5.41, 5.74) is 0.762. The number of Topliss-reactive ketones (excluding diaryl/α,β-unsaturated/α-hetero) is 1. The van der Waals surface area contributed by atoms with Gasteiger partial charge in [0.15, 0.2) is 6.61 Å². The molecule has 0 radical (unpaired) electrons. The van der Waals surface area contributed by atoms with Crippen molar-refractivity contribution in [2.45, 2.75) is 19.8 Å². The molecule has 1 atom stereocenters. The van der Waals surface area contributed by atoms with Gasteiger partial charge < -0.3 is 14.6 Å². The highest BCUT2D eigenvalue weighted by atomic mass is 16.6. The van der Waals surface area contributed by atoms with E-state index in [-0.39, 0.29) is 17.0 Å². The lowest BCUT2D eigenvalue weighted by Crippen LogP contribution is -2.34. The first-order valence-corrected chi connectivity index (χ1v) is 8.83. The zero-order chi connectivity index (χ0) is 19.4. The van der Waals surface area contributed by atoms with Crippen molar-refractivity contribution in [3.63, 3.8) is 0 Å². The van der Waals surface area contributed by atoms with Crippen LogP contribution in [0.4, 0.5) is 11.4 Å². The number of ketones is 1. The van der Waals surface area contributed by atoms with Gasteiger partial charge >= 0.3 is 5.97 Å². The molecule has 0 bridgehead atoms. The summed E-state index contributed by atoms with van der Waals surface area (Å²) < 4.78 is 5.01. The third-order valence-electron chi connectivity index (χ3n) is 4.64. The zero-order valence-corrected chi connectivity index (χ0v) is 15.0. The highest BCUT2D eigenvalue weighted by Crippen LogP contribution is 2.32. The van der Waals surface area contributed by atoms with E-state index in [1.165, 1.54) is 12.1 Å². The number of aromatic amines is 1. The predicted octanol–water partition coefficient (Wildman–Crippen LogP) is 3.20. The highest BCUT2D eigenvalue weighted by Gasteiger charge is 2.25. The molecule has 1 saturated heterocycles. The summed E-state index contributed by atoms with van der Waals surface area (Å²) in [6.07, 6.45) is 3.67. The first-order valence-electron chi connectivity index (χ1n) is 8.83. The third-order valence-corrected chi connectivity index (χ3v) is 4.64. The van der Waals surface area contributed by atoms with Gasteiger partial charge in [0.05, 0.1) is 16.2 Å². The molecule has 1 N–H and O–H groups in total. The summed E-state index contributed by atoms with van der Waals surface area (Å²) in [6, 6.07) is 7.55. The molecule has 8 heteroatoms. The third kappa shape index (κ3) is 4.33. The minimum Gasteiger partial charge on any atom is -0.454 e. The number of H-pyrrole nitrogens is 1. The molecular formula is C19H21N3O5. The fourth-order valence-corrected chi connectivity index (χ4v) is 3.27. The SMILES string of the molecule is C[C@H]1CCCN(c2ccc(C(=O)OCC(=O)c3ccc[nH]3)cc2[N+](=O)[O-])C1. The normalized spacial score (nSPS) is 16.8. The van der Waals surface area contributed by atoms with Crippen LogP contribution in [0.3, 0.4) is 0 Å². The first kappa shape index (κ1) is 18.6. The monoisotopic (exact) mass is 371 g/mol. The molecule has 27 heavy (non-hydrogen) atoms. The van der Waals surface area contributed by atoms with Crippen molar-refractivity contribution in [3.05, 3.63) is 57.9 Å². The van der Waals surface area contributed by atoms with E-state index in [2.05, 4.69) is 11.9 Å². The molecule has 1 fully saturated rings. The number of hydrogen-bond acceptors (Lipinski definition) is 6. The van der Waals surface area contributed by atoms with Crippen LogP contribution in [0.1, 0.15) is 40.6 Å². The number of nitro groups is 1. The van der Waals surface area contributed by atoms with Crippen molar-refractivity contribution in [1.29, 1.82) is 0 Å². The first-order chi connectivity index (χ1) is 13.0. The molecule has 0 unspecified atom stereocenters. The number of carbonyl (C=O) groups excluding carboxylic acids is 2. The van der Waals surface area contributed by atoms with E-state index in [1.807, 2.05) is 4.90 Å². The van der Waals surface area contributed by atoms with E-state index in [1.54, 1.807) is 24.4 Å². The van der Waals surface area contributed by atoms with E-state index in [4.69, 9.17) is 4.74 Å². The second-order valence-corrected chi connectivity index (χ2v) is 6.74.